The van der Waals surface area contributed by atoms with Gasteiger partial charge >= 0.3 is 0 Å². The van der Waals surface area contributed by atoms with Crippen molar-refractivity contribution >= 4 is 17.7 Å². The van der Waals surface area contributed by atoms with Crippen molar-refractivity contribution in [2.75, 3.05) is 13.1 Å². The van der Waals surface area contributed by atoms with E-state index in [-0.39, 0.29) is 37.2 Å². The highest BCUT2D eigenvalue weighted by Crippen LogP contribution is 2.57. The fourth-order valence-electron chi connectivity index (χ4n) is 4.48. The van der Waals surface area contributed by atoms with Crippen LogP contribution in [0.4, 0.5) is 0 Å². The Bertz CT molecular complexity index is 831. The van der Waals surface area contributed by atoms with Gasteiger partial charge in [0.2, 0.25) is 11.8 Å². The molecule has 2 aliphatic rings. The minimum atomic E-state index is -1.10. The SMILES string of the molecule is CC(C)C(=O)N1C(c2ccccc2)C(C)(C#N)CC12CN(CC(N)=O)C2=O. The lowest BCUT2D eigenvalue weighted by atomic mass is 9.75. The lowest BCUT2D eigenvalue weighted by molar-refractivity contribution is -0.171. The molecule has 2 saturated heterocycles. The Labute approximate surface area is 158 Å². The van der Waals surface area contributed by atoms with Crippen LogP contribution in [-0.4, -0.2) is 46.1 Å². The lowest BCUT2D eigenvalue weighted by Crippen LogP contribution is -2.74. The summed E-state index contributed by atoms with van der Waals surface area (Å²) < 4.78 is 0. The number of nitrogens with zero attached hydrogens (tertiary/aromatic N) is 3. The average molecular weight is 368 g/mol. The number of carbonyl (C=O) groups excluding carboxylic acids is 3. The van der Waals surface area contributed by atoms with Crippen molar-refractivity contribution in [3.05, 3.63) is 35.9 Å². The van der Waals surface area contributed by atoms with E-state index in [0.29, 0.717) is 0 Å². The van der Waals surface area contributed by atoms with Gasteiger partial charge in [-0.05, 0) is 12.5 Å². The van der Waals surface area contributed by atoms with E-state index in [0.717, 1.165) is 5.56 Å². The third-order valence-electron chi connectivity index (χ3n) is 5.57. The molecule has 0 bridgehead atoms. The van der Waals surface area contributed by atoms with Crippen molar-refractivity contribution in [2.24, 2.45) is 17.1 Å². The summed E-state index contributed by atoms with van der Waals surface area (Å²) in [7, 11) is 0. The zero-order chi connectivity index (χ0) is 20.0. The van der Waals surface area contributed by atoms with E-state index in [1.807, 2.05) is 30.3 Å². The molecule has 0 radical (unpaired) electrons. The van der Waals surface area contributed by atoms with Crippen molar-refractivity contribution in [1.82, 2.24) is 9.80 Å². The first-order valence-corrected chi connectivity index (χ1v) is 9.03. The van der Waals surface area contributed by atoms with Crippen LogP contribution in [0.1, 0.15) is 38.8 Å². The molecule has 2 N–H and O–H groups in total. The molecule has 142 valence electrons. The Morgan fingerprint density at radius 2 is 1.96 bits per heavy atom. The number of amides is 3. The van der Waals surface area contributed by atoms with E-state index in [4.69, 9.17) is 5.73 Å². The van der Waals surface area contributed by atoms with Gasteiger partial charge in [0.1, 0.15) is 5.54 Å². The number of hydrogen-bond donors (Lipinski definition) is 1. The first kappa shape index (κ1) is 18.9. The number of rotatable bonds is 4. The average Bonchev–Trinajstić information content (AvgIpc) is 2.92. The maximum atomic E-state index is 13.2. The van der Waals surface area contributed by atoms with E-state index < -0.39 is 22.9 Å². The van der Waals surface area contributed by atoms with Gasteiger partial charge in [-0.25, -0.2) is 0 Å². The van der Waals surface area contributed by atoms with E-state index in [1.54, 1.807) is 25.7 Å². The summed E-state index contributed by atoms with van der Waals surface area (Å²) >= 11 is 0. The second-order valence-corrected chi connectivity index (χ2v) is 8.04. The number of benzene rings is 1. The van der Waals surface area contributed by atoms with Gasteiger partial charge in [-0.3, -0.25) is 14.4 Å². The standard InChI is InChI=1S/C20H24N4O3/c1-13(2)17(26)24-16(14-7-5-4-6-8-14)19(3,11-21)10-20(24)12-23(18(20)27)9-15(22)25/h4-8,13,16H,9-10,12H2,1-3H3,(H2,22,25). The van der Waals surface area contributed by atoms with Crippen molar-refractivity contribution in [2.45, 2.75) is 38.8 Å². The van der Waals surface area contributed by atoms with Crippen LogP contribution in [0.3, 0.4) is 0 Å². The number of primary amides is 1. The molecule has 3 amide bonds. The Balaban J connectivity index is 2.10. The summed E-state index contributed by atoms with van der Waals surface area (Å²) in [5.74, 6) is -1.40. The second-order valence-electron chi connectivity index (χ2n) is 8.04. The smallest absolute Gasteiger partial charge is 0.251 e. The number of β-lactam (4-membered cyclic amide) rings is 1. The maximum Gasteiger partial charge on any atom is 0.251 e. The normalized spacial score (nSPS) is 29.7. The molecule has 0 saturated carbocycles. The summed E-state index contributed by atoms with van der Waals surface area (Å²) in [6, 6.07) is 11.2. The summed E-state index contributed by atoms with van der Waals surface area (Å²) in [6.45, 7) is 5.40. The van der Waals surface area contributed by atoms with Crippen LogP contribution < -0.4 is 5.73 Å². The highest BCUT2D eigenvalue weighted by molar-refractivity contribution is 6.00. The van der Waals surface area contributed by atoms with Crippen molar-refractivity contribution < 1.29 is 14.4 Å². The van der Waals surface area contributed by atoms with Gasteiger partial charge in [0.05, 0.1) is 30.6 Å². The van der Waals surface area contributed by atoms with Gasteiger partial charge in [-0.15, -0.1) is 0 Å². The number of nitrogens with two attached hydrogens (primary N) is 1. The number of likely N-dealkylation sites (tertiary alicyclic amines) is 2. The molecule has 0 aromatic heterocycles. The van der Waals surface area contributed by atoms with Gasteiger partial charge in [0, 0.05) is 12.3 Å². The Kier molecular flexibility index (Phi) is 4.46. The van der Waals surface area contributed by atoms with Crippen molar-refractivity contribution in [1.29, 1.82) is 5.26 Å². The highest BCUT2D eigenvalue weighted by atomic mass is 16.2. The third kappa shape index (κ3) is 2.76. The monoisotopic (exact) mass is 368 g/mol. The number of hydrogen-bond acceptors (Lipinski definition) is 4. The Morgan fingerprint density at radius 3 is 2.44 bits per heavy atom. The van der Waals surface area contributed by atoms with Crippen molar-refractivity contribution in [3.63, 3.8) is 0 Å². The zero-order valence-corrected chi connectivity index (χ0v) is 15.8. The fourth-order valence-corrected chi connectivity index (χ4v) is 4.48. The van der Waals surface area contributed by atoms with Gasteiger partial charge < -0.3 is 15.5 Å². The van der Waals surface area contributed by atoms with Crippen LogP contribution >= 0.6 is 0 Å². The van der Waals surface area contributed by atoms with Crippen LogP contribution in [0, 0.1) is 22.7 Å². The quantitative estimate of drug-likeness (QED) is 0.806. The Morgan fingerprint density at radius 1 is 1.33 bits per heavy atom. The zero-order valence-electron chi connectivity index (χ0n) is 15.8. The minimum Gasteiger partial charge on any atom is -0.368 e. The molecule has 0 aliphatic carbocycles. The van der Waals surface area contributed by atoms with E-state index >= 15 is 0 Å². The van der Waals surface area contributed by atoms with Crippen LogP contribution in [0.5, 0.6) is 0 Å². The molecule has 3 atom stereocenters. The minimum absolute atomic E-state index is 0.171. The van der Waals surface area contributed by atoms with Crippen LogP contribution in [0.2, 0.25) is 0 Å². The molecular formula is C20H24N4O3. The van der Waals surface area contributed by atoms with Crippen LogP contribution in [-0.2, 0) is 14.4 Å². The number of carbonyl (C=O) groups is 3. The summed E-state index contributed by atoms with van der Waals surface area (Å²) in [5, 5.41) is 9.96. The first-order chi connectivity index (χ1) is 12.7. The maximum absolute atomic E-state index is 13.2. The summed E-state index contributed by atoms with van der Waals surface area (Å²) in [6.07, 6.45) is 0.239. The second kappa shape index (κ2) is 6.38. The van der Waals surface area contributed by atoms with E-state index in [1.165, 1.54) is 4.90 Å². The van der Waals surface area contributed by atoms with Gasteiger partial charge in [0.25, 0.3) is 5.91 Å². The van der Waals surface area contributed by atoms with Gasteiger partial charge in [-0.1, -0.05) is 44.2 Å². The molecule has 7 heteroatoms. The topological polar surface area (TPSA) is 108 Å². The van der Waals surface area contributed by atoms with E-state index in [9.17, 15) is 19.6 Å². The van der Waals surface area contributed by atoms with Crippen molar-refractivity contribution in [3.8, 4) is 6.07 Å². The summed E-state index contributed by atoms with van der Waals surface area (Å²) in [5.41, 5.74) is 4.04. The fraction of sp³-hybridized carbons (Fsp3) is 0.500. The predicted octanol–water partition coefficient (Wildman–Crippen LogP) is 1.21. The number of nitriles is 1. The predicted molar refractivity (Wildman–Crippen MR) is 97.7 cm³/mol. The molecule has 2 fully saturated rings. The highest BCUT2D eigenvalue weighted by Gasteiger charge is 2.69. The molecule has 2 aliphatic heterocycles. The Hall–Kier alpha value is -2.88. The summed E-state index contributed by atoms with van der Waals surface area (Å²) in [4.78, 5) is 40.4. The molecule has 1 aromatic rings. The van der Waals surface area contributed by atoms with Crippen LogP contribution in [0.15, 0.2) is 30.3 Å². The molecule has 7 nitrogen and oxygen atoms in total. The molecule has 1 aromatic carbocycles. The molecule has 27 heavy (non-hydrogen) atoms. The molecule has 1 spiro atoms. The lowest BCUT2D eigenvalue weighted by Gasteiger charge is -2.52. The molecule has 3 rings (SSSR count). The molecule has 2 heterocycles. The third-order valence-corrected chi connectivity index (χ3v) is 5.57. The molecule has 3 unspecified atom stereocenters. The van der Waals surface area contributed by atoms with Gasteiger partial charge in [-0.2, -0.15) is 5.26 Å². The largest absolute Gasteiger partial charge is 0.368 e. The molecular weight excluding hydrogens is 344 g/mol. The van der Waals surface area contributed by atoms with E-state index in [2.05, 4.69) is 6.07 Å². The van der Waals surface area contributed by atoms with Gasteiger partial charge in [0.15, 0.2) is 0 Å². The van der Waals surface area contributed by atoms with Crippen LogP contribution in [0.25, 0.3) is 0 Å². The first-order valence-electron chi connectivity index (χ1n) is 9.03.